The molecular formula is C14H20N2O3. The molecule has 0 saturated heterocycles. The summed E-state index contributed by atoms with van der Waals surface area (Å²) in [6.07, 6.45) is 2.04. The standard InChI is InChI=1S/C14H20N2O3/c1-14(19,9-17)8-16-13(18)11-4-5-12-10(7-11)3-2-6-15-12/h4-5,7,15,17,19H,2-3,6,8-9H2,1H3,(H,16,18). The molecule has 0 aromatic heterocycles. The van der Waals surface area contributed by atoms with Crippen molar-refractivity contribution in [2.75, 3.05) is 25.0 Å². The molecule has 1 aliphatic heterocycles. The summed E-state index contributed by atoms with van der Waals surface area (Å²) in [5, 5.41) is 24.5. The van der Waals surface area contributed by atoms with Crippen molar-refractivity contribution in [1.29, 1.82) is 0 Å². The molecule has 2 rings (SSSR count). The van der Waals surface area contributed by atoms with E-state index in [4.69, 9.17) is 5.11 Å². The highest BCUT2D eigenvalue weighted by Gasteiger charge is 2.20. The van der Waals surface area contributed by atoms with Crippen molar-refractivity contribution in [3.05, 3.63) is 29.3 Å². The molecule has 0 radical (unpaired) electrons. The van der Waals surface area contributed by atoms with Gasteiger partial charge in [0, 0.05) is 24.3 Å². The molecule has 1 aromatic rings. The first-order valence-electron chi connectivity index (χ1n) is 6.50. The van der Waals surface area contributed by atoms with E-state index in [0.717, 1.165) is 30.6 Å². The molecule has 104 valence electrons. The molecule has 1 atom stereocenters. The number of aliphatic hydroxyl groups excluding tert-OH is 1. The maximum Gasteiger partial charge on any atom is 0.251 e. The number of carbonyl (C=O) groups excluding carboxylic acids is 1. The van der Waals surface area contributed by atoms with Crippen molar-refractivity contribution in [2.24, 2.45) is 0 Å². The SMILES string of the molecule is CC(O)(CO)CNC(=O)c1ccc2c(c1)CCCN2. The Hall–Kier alpha value is -1.59. The maximum absolute atomic E-state index is 12.0. The summed E-state index contributed by atoms with van der Waals surface area (Å²) in [7, 11) is 0. The van der Waals surface area contributed by atoms with E-state index < -0.39 is 5.60 Å². The van der Waals surface area contributed by atoms with Gasteiger partial charge in [0.2, 0.25) is 0 Å². The molecule has 5 nitrogen and oxygen atoms in total. The first-order chi connectivity index (χ1) is 9.02. The fraction of sp³-hybridized carbons (Fsp3) is 0.500. The van der Waals surface area contributed by atoms with E-state index in [0.29, 0.717) is 5.56 Å². The van der Waals surface area contributed by atoms with E-state index >= 15 is 0 Å². The van der Waals surface area contributed by atoms with Gasteiger partial charge in [-0.1, -0.05) is 0 Å². The summed E-state index contributed by atoms with van der Waals surface area (Å²) < 4.78 is 0. The van der Waals surface area contributed by atoms with Crippen molar-refractivity contribution in [2.45, 2.75) is 25.4 Å². The normalized spacial score (nSPS) is 17.0. The highest BCUT2D eigenvalue weighted by atomic mass is 16.3. The topological polar surface area (TPSA) is 81.6 Å². The number of carbonyl (C=O) groups is 1. The van der Waals surface area contributed by atoms with Gasteiger partial charge in [-0.25, -0.2) is 0 Å². The van der Waals surface area contributed by atoms with Crippen LogP contribution in [0.3, 0.4) is 0 Å². The minimum Gasteiger partial charge on any atom is -0.393 e. The maximum atomic E-state index is 12.0. The van der Waals surface area contributed by atoms with Crippen molar-refractivity contribution in [3.8, 4) is 0 Å². The fourth-order valence-electron chi connectivity index (χ4n) is 2.04. The Kier molecular flexibility index (Phi) is 4.07. The zero-order valence-corrected chi connectivity index (χ0v) is 11.1. The molecule has 5 heteroatoms. The van der Waals surface area contributed by atoms with E-state index in [9.17, 15) is 9.90 Å². The fourth-order valence-corrected chi connectivity index (χ4v) is 2.04. The highest BCUT2D eigenvalue weighted by molar-refractivity contribution is 5.95. The van der Waals surface area contributed by atoms with Crippen molar-refractivity contribution in [3.63, 3.8) is 0 Å². The monoisotopic (exact) mass is 264 g/mol. The minimum absolute atomic E-state index is 0.0255. The second-order valence-corrected chi connectivity index (χ2v) is 5.24. The molecular weight excluding hydrogens is 244 g/mol. The Morgan fingerprint density at radius 1 is 1.53 bits per heavy atom. The van der Waals surface area contributed by atoms with Gasteiger partial charge in [0.05, 0.1) is 6.61 Å². The molecule has 1 aromatic carbocycles. The van der Waals surface area contributed by atoms with Crippen molar-refractivity contribution in [1.82, 2.24) is 5.32 Å². The summed E-state index contributed by atoms with van der Waals surface area (Å²) in [6, 6.07) is 5.55. The second kappa shape index (κ2) is 5.59. The lowest BCUT2D eigenvalue weighted by Gasteiger charge is -2.21. The Morgan fingerprint density at radius 2 is 2.32 bits per heavy atom. The van der Waals surface area contributed by atoms with Crippen LogP contribution in [0.25, 0.3) is 0 Å². The van der Waals surface area contributed by atoms with Gasteiger partial charge in [-0.05, 0) is 43.5 Å². The van der Waals surface area contributed by atoms with Gasteiger partial charge in [-0.15, -0.1) is 0 Å². The number of amides is 1. The molecule has 1 aliphatic rings. The first-order valence-corrected chi connectivity index (χ1v) is 6.50. The molecule has 0 aliphatic carbocycles. The third kappa shape index (κ3) is 3.45. The second-order valence-electron chi connectivity index (χ2n) is 5.24. The lowest BCUT2D eigenvalue weighted by atomic mass is 10.0. The van der Waals surface area contributed by atoms with Crippen LogP contribution in [-0.2, 0) is 6.42 Å². The number of anilines is 1. The Labute approximate surface area is 112 Å². The number of aryl methyl sites for hydroxylation is 1. The van der Waals surface area contributed by atoms with Crippen LogP contribution >= 0.6 is 0 Å². The molecule has 1 heterocycles. The van der Waals surface area contributed by atoms with Crippen molar-refractivity contribution >= 4 is 11.6 Å². The van der Waals surface area contributed by atoms with E-state index in [-0.39, 0.29) is 19.1 Å². The number of fused-ring (bicyclic) bond motifs is 1. The van der Waals surface area contributed by atoms with Crippen LogP contribution < -0.4 is 10.6 Å². The predicted molar refractivity (Wildman–Crippen MR) is 73.3 cm³/mol. The molecule has 0 fully saturated rings. The van der Waals surface area contributed by atoms with Crippen LogP contribution in [0.5, 0.6) is 0 Å². The zero-order chi connectivity index (χ0) is 13.9. The summed E-state index contributed by atoms with van der Waals surface area (Å²) in [6.45, 7) is 2.08. The lowest BCUT2D eigenvalue weighted by Crippen LogP contribution is -2.43. The van der Waals surface area contributed by atoms with Gasteiger partial charge in [0.25, 0.3) is 5.91 Å². The van der Waals surface area contributed by atoms with Crippen molar-refractivity contribution < 1.29 is 15.0 Å². The quantitative estimate of drug-likeness (QED) is 0.639. The summed E-state index contributed by atoms with van der Waals surface area (Å²) in [4.78, 5) is 12.0. The number of aliphatic hydroxyl groups is 2. The van der Waals surface area contributed by atoms with Crippen LogP contribution in [0.15, 0.2) is 18.2 Å². The van der Waals surface area contributed by atoms with Crippen LogP contribution in [0.1, 0.15) is 29.3 Å². The minimum atomic E-state index is -1.29. The zero-order valence-electron chi connectivity index (χ0n) is 11.1. The molecule has 0 bridgehead atoms. The van der Waals surface area contributed by atoms with E-state index in [1.54, 1.807) is 6.07 Å². The summed E-state index contributed by atoms with van der Waals surface area (Å²) >= 11 is 0. The molecule has 1 amide bonds. The molecule has 0 spiro atoms. The Morgan fingerprint density at radius 3 is 3.05 bits per heavy atom. The summed E-state index contributed by atoms with van der Waals surface area (Å²) in [5.41, 5.74) is 1.53. The molecule has 1 unspecified atom stereocenters. The van der Waals surface area contributed by atoms with Crippen LogP contribution in [0, 0.1) is 0 Å². The number of benzene rings is 1. The smallest absolute Gasteiger partial charge is 0.251 e. The Bertz CT molecular complexity index is 472. The number of rotatable bonds is 4. The average molecular weight is 264 g/mol. The van der Waals surface area contributed by atoms with Gasteiger partial charge in [-0.2, -0.15) is 0 Å². The third-order valence-electron chi connectivity index (χ3n) is 3.28. The van der Waals surface area contributed by atoms with Gasteiger partial charge in [0.1, 0.15) is 5.60 Å². The summed E-state index contributed by atoms with van der Waals surface area (Å²) in [5.74, 6) is -0.234. The molecule has 0 saturated carbocycles. The predicted octanol–water partition coefficient (Wildman–Crippen LogP) is 0.518. The highest BCUT2D eigenvalue weighted by Crippen LogP contribution is 2.22. The first kappa shape index (κ1) is 13.8. The number of hydrogen-bond donors (Lipinski definition) is 4. The van der Waals surface area contributed by atoms with E-state index in [1.807, 2.05) is 12.1 Å². The van der Waals surface area contributed by atoms with Crippen LogP contribution in [0.4, 0.5) is 5.69 Å². The lowest BCUT2D eigenvalue weighted by molar-refractivity contribution is 0.00320. The van der Waals surface area contributed by atoms with Gasteiger partial charge < -0.3 is 20.8 Å². The van der Waals surface area contributed by atoms with Gasteiger partial charge in [0.15, 0.2) is 0 Å². The van der Waals surface area contributed by atoms with Crippen LogP contribution in [0.2, 0.25) is 0 Å². The van der Waals surface area contributed by atoms with Gasteiger partial charge in [-0.3, -0.25) is 4.79 Å². The number of nitrogens with one attached hydrogen (secondary N) is 2. The Balaban J connectivity index is 2.03. The van der Waals surface area contributed by atoms with E-state index in [1.165, 1.54) is 6.92 Å². The third-order valence-corrected chi connectivity index (χ3v) is 3.28. The molecule has 4 N–H and O–H groups in total. The molecule has 19 heavy (non-hydrogen) atoms. The largest absolute Gasteiger partial charge is 0.393 e. The average Bonchev–Trinajstić information content (AvgIpc) is 2.44. The van der Waals surface area contributed by atoms with Gasteiger partial charge >= 0.3 is 0 Å². The number of hydrogen-bond acceptors (Lipinski definition) is 4. The van der Waals surface area contributed by atoms with Crippen LogP contribution in [-0.4, -0.2) is 41.4 Å². The van der Waals surface area contributed by atoms with E-state index in [2.05, 4.69) is 10.6 Å².